The lowest BCUT2D eigenvalue weighted by atomic mass is 10.1. The van der Waals surface area contributed by atoms with E-state index in [0.717, 1.165) is 11.4 Å². The lowest BCUT2D eigenvalue weighted by molar-refractivity contribution is -0.123. The third-order valence-corrected chi connectivity index (χ3v) is 5.58. The third-order valence-electron chi connectivity index (χ3n) is 4.77. The van der Waals surface area contributed by atoms with Crippen LogP contribution >= 0.6 is 34.8 Å². The molecule has 31 heavy (non-hydrogen) atoms. The summed E-state index contributed by atoms with van der Waals surface area (Å²) in [6, 6.07) is 12.5. The van der Waals surface area contributed by atoms with Gasteiger partial charge in [0, 0.05) is 32.0 Å². The molecule has 160 valence electrons. The number of nitriles is 1. The highest BCUT2D eigenvalue weighted by atomic mass is 35.5. The van der Waals surface area contributed by atoms with Crippen LogP contribution in [0.2, 0.25) is 15.1 Å². The average Bonchev–Trinajstić information content (AvgIpc) is 2.97. The van der Waals surface area contributed by atoms with Crippen LogP contribution in [-0.4, -0.2) is 25.8 Å². The Balaban J connectivity index is 1.66. The fourth-order valence-electron chi connectivity index (χ4n) is 3.27. The first-order valence-electron chi connectivity index (χ1n) is 9.18. The SMILES string of the molecule is CN1C(=C(C#N)C(=O)CCC(=O)NNc2c(Cl)cc(Cl)cc2Cl)N(C)c2ccccc21. The van der Waals surface area contributed by atoms with E-state index in [9.17, 15) is 14.9 Å². The van der Waals surface area contributed by atoms with Crippen LogP contribution in [0.3, 0.4) is 0 Å². The summed E-state index contributed by atoms with van der Waals surface area (Å²) in [6.45, 7) is 0. The van der Waals surface area contributed by atoms with Gasteiger partial charge < -0.3 is 9.80 Å². The number of nitrogens with zero attached hydrogens (tertiary/aromatic N) is 3. The van der Waals surface area contributed by atoms with Gasteiger partial charge in [0.2, 0.25) is 5.91 Å². The molecule has 0 atom stereocenters. The summed E-state index contributed by atoms with van der Waals surface area (Å²) in [4.78, 5) is 28.5. The molecule has 7 nitrogen and oxygen atoms in total. The number of nitrogens with one attached hydrogen (secondary N) is 2. The van der Waals surface area contributed by atoms with Crippen LogP contribution in [0.15, 0.2) is 47.8 Å². The number of allylic oxidation sites excluding steroid dienone is 1. The van der Waals surface area contributed by atoms with Gasteiger partial charge in [-0.2, -0.15) is 5.26 Å². The molecule has 1 heterocycles. The lowest BCUT2D eigenvalue weighted by Gasteiger charge is -2.20. The molecule has 2 aromatic rings. The van der Waals surface area contributed by atoms with Crippen LogP contribution < -0.4 is 20.7 Å². The van der Waals surface area contributed by atoms with Crippen LogP contribution in [-0.2, 0) is 9.59 Å². The van der Waals surface area contributed by atoms with Gasteiger partial charge in [0.1, 0.15) is 17.5 Å². The van der Waals surface area contributed by atoms with E-state index >= 15 is 0 Å². The second-order valence-electron chi connectivity index (χ2n) is 6.76. The molecule has 0 aromatic heterocycles. The Morgan fingerprint density at radius 3 is 2.06 bits per heavy atom. The molecule has 0 saturated carbocycles. The normalized spacial score (nSPS) is 12.3. The summed E-state index contributed by atoms with van der Waals surface area (Å²) >= 11 is 18.0. The maximum atomic E-state index is 12.7. The van der Waals surface area contributed by atoms with E-state index in [1.807, 2.05) is 30.3 Å². The number of hydrogen-bond acceptors (Lipinski definition) is 6. The number of carbonyl (C=O) groups is 2. The topological polar surface area (TPSA) is 88.5 Å². The summed E-state index contributed by atoms with van der Waals surface area (Å²) in [6.07, 6.45) is -0.270. The van der Waals surface area contributed by atoms with Crippen molar-refractivity contribution in [3.8, 4) is 6.07 Å². The molecule has 0 aliphatic carbocycles. The molecule has 2 N–H and O–H groups in total. The standard InChI is InChI=1S/C21H18Cl3N5O2/c1-28-16-5-3-4-6-17(16)29(2)21(28)13(11-25)18(30)7-8-19(31)26-27-20-14(23)9-12(22)10-15(20)24/h3-6,9-10,27H,7-8H2,1-2H3,(H,26,31). The van der Waals surface area contributed by atoms with Crippen molar-refractivity contribution in [1.82, 2.24) is 5.43 Å². The number of anilines is 3. The van der Waals surface area contributed by atoms with Crippen molar-refractivity contribution in [1.29, 1.82) is 5.26 Å². The Morgan fingerprint density at radius 1 is 1.00 bits per heavy atom. The molecule has 1 aliphatic rings. The third kappa shape index (κ3) is 4.72. The van der Waals surface area contributed by atoms with Crippen molar-refractivity contribution in [2.45, 2.75) is 12.8 Å². The van der Waals surface area contributed by atoms with Gasteiger partial charge in [0.05, 0.1) is 27.1 Å². The molecule has 10 heteroatoms. The number of benzene rings is 2. The quantitative estimate of drug-likeness (QED) is 0.353. The Bertz CT molecular complexity index is 1070. The number of fused-ring (bicyclic) bond motifs is 1. The van der Waals surface area contributed by atoms with Crippen molar-refractivity contribution >= 4 is 63.6 Å². The molecule has 0 bridgehead atoms. The summed E-state index contributed by atoms with van der Waals surface area (Å²) in [5, 5.41) is 10.5. The van der Waals surface area contributed by atoms with E-state index in [2.05, 4.69) is 10.9 Å². The van der Waals surface area contributed by atoms with E-state index in [-0.39, 0.29) is 28.5 Å². The van der Waals surface area contributed by atoms with Crippen LogP contribution in [0.1, 0.15) is 12.8 Å². The first-order chi connectivity index (χ1) is 14.7. The van der Waals surface area contributed by atoms with Crippen molar-refractivity contribution in [2.24, 2.45) is 0 Å². The maximum Gasteiger partial charge on any atom is 0.238 e. The van der Waals surface area contributed by atoms with E-state index in [0.29, 0.717) is 16.5 Å². The fourth-order valence-corrected chi connectivity index (χ4v) is 4.18. The number of amides is 1. The average molecular weight is 479 g/mol. The van der Waals surface area contributed by atoms with Crippen LogP contribution in [0.4, 0.5) is 17.1 Å². The van der Waals surface area contributed by atoms with Crippen molar-refractivity contribution in [3.63, 3.8) is 0 Å². The Labute approximate surface area is 194 Å². The van der Waals surface area contributed by atoms with Gasteiger partial charge in [-0.1, -0.05) is 46.9 Å². The largest absolute Gasteiger partial charge is 0.328 e. The highest BCUT2D eigenvalue weighted by molar-refractivity contribution is 6.41. The Kier molecular flexibility index (Phi) is 6.96. The summed E-state index contributed by atoms with van der Waals surface area (Å²) in [5.41, 5.74) is 7.13. The fraction of sp³-hybridized carbons (Fsp3) is 0.190. The number of halogens is 3. The van der Waals surface area contributed by atoms with Crippen LogP contribution in [0, 0.1) is 11.3 Å². The Hall–Kier alpha value is -2.92. The number of ketones is 1. The van der Waals surface area contributed by atoms with Gasteiger partial charge in [-0.05, 0) is 24.3 Å². The van der Waals surface area contributed by atoms with E-state index in [1.165, 1.54) is 12.1 Å². The van der Waals surface area contributed by atoms with Gasteiger partial charge >= 0.3 is 0 Å². The Morgan fingerprint density at radius 2 is 1.55 bits per heavy atom. The van der Waals surface area contributed by atoms with Crippen LogP contribution in [0.5, 0.6) is 0 Å². The monoisotopic (exact) mass is 477 g/mol. The zero-order valence-electron chi connectivity index (χ0n) is 16.7. The molecule has 0 spiro atoms. The van der Waals surface area contributed by atoms with E-state index in [4.69, 9.17) is 34.8 Å². The minimum absolute atomic E-state index is 0.00857. The van der Waals surface area contributed by atoms with E-state index in [1.54, 1.807) is 23.9 Å². The number of carbonyl (C=O) groups excluding carboxylic acids is 2. The predicted molar refractivity (Wildman–Crippen MR) is 123 cm³/mol. The molecule has 1 amide bonds. The summed E-state index contributed by atoms with van der Waals surface area (Å²) in [5.74, 6) is -0.414. The van der Waals surface area contributed by atoms with Gasteiger partial charge in [-0.3, -0.25) is 20.4 Å². The first-order valence-corrected chi connectivity index (χ1v) is 10.3. The molecule has 2 aromatic carbocycles. The van der Waals surface area contributed by atoms with Gasteiger partial charge in [-0.15, -0.1) is 0 Å². The molecule has 1 aliphatic heterocycles. The summed E-state index contributed by atoms with van der Waals surface area (Å²) in [7, 11) is 3.58. The second-order valence-corrected chi connectivity index (χ2v) is 8.01. The number of Topliss-reactive ketones (excluding diaryl/α,β-unsaturated/α-hetero) is 1. The minimum Gasteiger partial charge on any atom is -0.328 e. The van der Waals surface area contributed by atoms with Gasteiger partial charge in [0.25, 0.3) is 0 Å². The molecular formula is C21H18Cl3N5O2. The van der Waals surface area contributed by atoms with Crippen LogP contribution in [0.25, 0.3) is 0 Å². The molecule has 0 unspecified atom stereocenters. The van der Waals surface area contributed by atoms with Gasteiger partial charge in [-0.25, -0.2) is 0 Å². The number of hydrogen-bond donors (Lipinski definition) is 2. The van der Waals surface area contributed by atoms with Crippen molar-refractivity contribution in [2.75, 3.05) is 29.3 Å². The van der Waals surface area contributed by atoms with Crippen molar-refractivity contribution in [3.05, 3.63) is 62.9 Å². The van der Waals surface area contributed by atoms with Crippen molar-refractivity contribution < 1.29 is 9.59 Å². The number of hydrazine groups is 1. The maximum absolute atomic E-state index is 12.7. The first kappa shape index (κ1) is 22.8. The molecule has 0 saturated heterocycles. The minimum atomic E-state index is -0.464. The van der Waals surface area contributed by atoms with E-state index < -0.39 is 11.7 Å². The number of para-hydroxylation sites is 2. The highest BCUT2D eigenvalue weighted by Crippen LogP contribution is 2.40. The molecular weight excluding hydrogens is 461 g/mol. The summed E-state index contributed by atoms with van der Waals surface area (Å²) < 4.78 is 0. The zero-order chi connectivity index (χ0) is 22.7. The predicted octanol–water partition coefficient (Wildman–Crippen LogP) is 4.76. The zero-order valence-corrected chi connectivity index (χ0v) is 18.9. The molecule has 0 fully saturated rings. The second kappa shape index (κ2) is 9.48. The molecule has 3 rings (SSSR count). The lowest BCUT2D eigenvalue weighted by Crippen LogP contribution is -2.30. The molecule has 0 radical (unpaired) electrons. The van der Waals surface area contributed by atoms with Gasteiger partial charge in [0.15, 0.2) is 5.78 Å². The number of rotatable bonds is 6. The smallest absolute Gasteiger partial charge is 0.238 e. The highest BCUT2D eigenvalue weighted by Gasteiger charge is 2.31.